The molecule has 0 bridgehead atoms. The maximum absolute atomic E-state index is 11.8. The lowest BCUT2D eigenvalue weighted by molar-refractivity contribution is -0.139. The summed E-state index contributed by atoms with van der Waals surface area (Å²) in [6.45, 7) is 0. The monoisotopic (exact) mass is 277 g/mol. The normalized spacial score (nSPS) is 9.95. The van der Waals surface area contributed by atoms with Crippen molar-refractivity contribution >= 4 is 28.3 Å². The largest absolute Gasteiger partial charge is 0.469 e. The lowest BCUT2D eigenvalue weighted by Crippen LogP contribution is -2.12. The highest BCUT2D eigenvalue weighted by Gasteiger charge is 2.11. The molecule has 2 aromatic rings. The third kappa shape index (κ3) is 3.59. The number of anilines is 1. The number of pyridine rings is 1. The lowest BCUT2D eigenvalue weighted by Gasteiger charge is -2.00. The molecule has 2 rings (SSSR count). The Balaban J connectivity index is 2.00. The molecule has 0 radical (unpaired) electrons. The van der Waals surface area contributed by atoms with Crippen LogP contribution in [0.2, 0.25) is 0 Å². The number of carbonyl (C=O) groups is 2. The van der Waals surface area contributed by atoms with Crippen LogP contribution in [0, 0.1) is 0 Å². The zero-order valence-corrected chi connectivity index (χ0v) is 10.9. The topological polar surface area (TPSA) is 81.2 Å². The first-order chi connectivity index (χ1) is 9.19. The summed E-state index contributed by atoms with van der Waals surface area (Å²) in [6.07, 6.45) is 3.16. The number of nitrogens with one attached hydrogen (secondary N) is 1. The van der Waals surface area contributed by atoms with Crippen LogP contribution in [0.3, 0.4) is 0 Å². The van der Waals surface area contributed by atoms with E-state index in [1.165, 1.54) is 24.6 Å². The first-order valence-electron chi connectivity index (χ1n) is 5.41. The van der Waals surface area contributed by atoms with E-state index in [9.17, 15) is 9.59 Å². The van der Waals surface area contributed by atoms with Crippen molar-refractivity contribution in [2.24, 2.45) is 0 Å². The smallest absolute Gasteiger partial charge is 0.311 e. The summed E-state index contributed by atoms with van der Waals surface area (Å²) < 4.78 is 4.54. The van der Waals surface area contributed by atoms with Gasteiger partial charge in [-0.15, -0.1) is 11.3 Å². The molecule has 0 spiro atoms. The molecule has 2 aromatic heterocycles. The number of methoxy groups -OCH3 is 1. The van der Waals surface area contributed by atoms with E-state index in [2.05, 4.69) is 20.0 Å². The van der Waals surface area contributed by atoms with E-state index in [1.54, 1.807) is 23.7 Å². The van der Waals surface area contributed by atoms with E-state index in [0.29, 0.717) is 16.4 Å². The van der Waals surface area contributed by atoms with E-state index in [-0.39, 0.29) is 18.3 Å². The van der Waals surface area contributed by atoms with Gasteiger partial charge in [0.2, 0.25) is 0 Å². The van der Waals surface area contributed by atoms with Gasteiger partial charge in [0.15, 0.2) is 5.13 Å². The number of aromatic nitrogens is 2. The second-order valence-corrected chi connectivity index (χ2v) is 4.45. The minimum atomic E-state index is -0.365. The predicted octanol–water partition coefficient (Wildman–Crippen LogP) is 1.51. The van der Waals surface area contributed by atoms with Crippen LogP contribution in [-0.4, -0.2) is 29.0 Å². The number of amides is 1. The second-order valence-electron chi connectivity index (χ2n) is 3.59. The van der Waals surface area contributed by atoms with E-state index in [4.69, 9.17) is 0 Å². The fourth-order valence-electron chi connectivity index (χ4n) is 1.33. The Morgan fingerprint density at radius 1 is 1.47 bits per heavy atom. The van der Waals surface area contributed by atoms with Crippen molar-refractivity contribution in [2.75, 3.05) is 12.4 Å². The fraction of sp³-hybridized carbons (Fsp3) is 0.167. The molecule has 19 heavy (non-hydrogen) atoms. The van der Waals surface area contributed by atoms with Crippen molar-refractivity contribution in [3.05, 3.63) is 41.2 Å². The summed E-state index contributed by atoms with van der Waals surface area (Å²) in [7, 11) is 1.32. The lowest BCUT2D eigenvalue weighted by atomic mass is 10.3. The molecular formula is C12H11N3O3S. The second kappa shape index (κ2) is 6.05. The molecule has 0 aliphatic carbocycles. The predicted molar refractivity (Wildman–Crippen MR) is 70.0 cm³/mol. The maximum Gasteiger partial charge on any atom is 0.311 e. The summed E-state index contributed by atoms with van der Waals surface area (Å²) in [5.74, 6) is -0.650. The fourth-order valence-corrected chi connectivity index (χ4v) is 2.04. The van der Waals surface area contributed by atoms with Gasteiger partial charge in [0.1, 0.15) is 0 Å². The van der Waals surface area contributed by atoms with E-state index in [0.717, 1.165) is 0 Å². The van der Waals surface area contributed by atoms with Crippen LogP contribution < -0.4 is 5.32 Å². The molecule has 0 aromatic carbocycles. The summed E-state index contributed by atoms with van der Waals surface area (Å²) in [4.78, 5) is 30.9. The van der Waals surface area contributed by atoms with Gasteiger partial charge in [-0.05, 0) is 12.1 Å². The van der Waals surface area contributed by atoms with E-state index >= 15 is 0 Å². The molecule has 1 amide bonds. The van der Waals surface area contributed by atoms with Gasteiger partial charge in [-0.2, -0.15) is 0 Å². The number of hydrogen-bond donors (Lipinski definition) is 1. The summed E-state index contributed by atoms with van der Waals surface area (Å²) in [5, 5.41) is 4.79. The summed E-state index contributed by atoms with van der Waals surface area (Å²) in [6, 6.07) is 3.34. The Hall–Kier alpha value is -2.28. The van der Waals surface area contributed by atoms with Gasteiger partial charge in [0.05, 0.1) is 24.8 Å². The Bertz CT molecular complexity index is 583. The summed E-state index contributed by atoms with van der Waals surface area (Å²) >= 11 is 1.25. The SMILES string of the molecule is COC(=O)Cc1csc(NC(=O)c2cccnc2)n1. The maximum atomic E-state index is 11.8. The van der Waals surface area contributed by atoms with E-state index < -0.39 is 0 Å². The average Bonchev–Trinajstić information content (AvgIpc) is 2.86. The van der Waals surface area contributed by atoms with Crippen molar-refractivity contribution in [2.45, 2.75) is 6.42 Å². The number of ether oxygens (including phenoxy) is 1. The average molecular weight is 277 g/mol. The number of nitrogens with zero attached hydrogens (tertiary/aromatic N) is 2. The van der Waals surface area contributed by atoms with Crippen molar-refractivity contribution in [1.82, 2.24) is 9.97 Å². The van der Waals surface area contributed by atoms with Crippen molar-refractivity contribution < 1.29 is 14.3 Å². The highest BCUT2D eigenvalue weighted by molar-refractivity contribution is 7.14. The Kier molecular flexibility index (Phi) is 4.19. The number of carbonyl (C=O) groups excluding carboxylic acids is 2. The molecule has 2 heterocycles. The molecule has 0 aliphatic rings. The van der Waals surface area contributed by atoms with Crippen molar-refractivity contribution in [1.29, 1.82) is 0 Å². The molecular weight excluding hydrogens is 266 g/mol. The van der Waals surface area contributed by atoms with Crippen LogP contribution in [0.25, 0.3) is 0 Å². The van der Waals surface area contributed by atoms with Gasteiger partial charge in [0, 0.05) is 17.8 Å². The highest BCUT2D eigenvalue weighted by Crippen LogP contribution is 2.16. The van der Waals surface area contributed by atoms with Crippen molar-refractivity contribution in [3.63, 3.8) is 0 Å². The number of rotatable bonds is 4. The van der Waals surface area contributed by atoms with Gasteiger partial charge < -0.3 is 4.74 Å². The molecule has 0 unspecified atom stereocenters. The third-order valence-electron chi connectivity index (χ3n) is 2.25. The van der Waals surface area contributed by atoms with Gasteiger partial charge in [-0.3, -0.25) is 19.9 Å². The van der Waals surface area contributed by atoms with E-state index in [1.807, 2.05) is 0 Å². The molecule has 0 saturated carbocycles. The van der Waals surface area contributed by atoms with Crippen LogP contribution in [-0.2, 0) is 16.0 Å². The zero-order valence-electron chi connectivity index (χ0n) is 10.1. The standard InChI is InChI=1S/C12H11N3O3S/c1-18-10(16)5-9-7-19-12(14-9)15-11(17)8-3-2-4-13-6-8/h2-4,6-7H,5H2,1H3,(H,14,15,17). The Morgan fingerprint density at radius 2 is 2.32 bits per heavy atom. The Labute approximate surface area is 113 Å². The Morgan fingerprint density at radius 3 is 3.00 bits per heavy atom. The molecule has 7 heteroatoms. The number of thiazole rings is 1. The van der Waals surface area contributed by atoms with Crippen LogP contribution in [0.5, 0.6) is 0 Å². The van der Waals surface area contributed by atoms with Crippen LogP contribution in [0.15, 0.2) is 29.9 Å². The number of esters is 1. The third-order valence-corrected chi connectivity index (χ3v) is 3.06. The number of hydrogen-bond acceptors (Lipinski definition) is 6. The highest BCUT2D eigenvalue weighted by atomic mass is 32.1. The summed E-state index contributed by atoms with van der Waals surface area (Å²) in [5.41, 5.74) is 1.02. The van der Waals surface area contributed by atoms with Crippen molar-refractivity contribution in [3.8, 4) is 0 Å². The van der Waals surface area contributed by atoms with Gasteiger partial charge in [-0.1, -0.05) is 0 Å². The van der Waals surface area contributed by atoms with Crippen LogP contribution >= 0.6 is 11.3 Å². The molecule has 6 nitrogen and oxygen atoms in total. The van der Waals surface area contributed by atoms with Gasteiger partial charge >= 0.3 is 5.97 Å². The molecule has 0 aliphatic heterocycles. The van der Waals surface area contributed by atoms with Gasteiger partial charge in [0.25, 0.3) is 5.91 Å². The first kappa shape index (κ1) is 13.2. The minimum Gasteiger partial charge on any atom is -0.469 e. The minimum absolute atomic E-state index is 0.0930. The van der Waals surface area contributed by atoms with Crippen LogP contribution in [0.4, 0.5) is 5.13 Å². The molecule has 0 atom stereocenters. The first-order valence-corrected chi connectivity index (χ1v) is 6.29. The molecule has 0 saturated heterocycles. The quantitative estimate of drug-likeness (QED) is 0.857. The molecule has 0 fully saturated rings. The molecule has 1 N–H and O–H groups in total. The van der Waals surface area contributed by atoms with Gasteiger partial charge in [-0.25, -0.2) is 4.98 Å². The molecule has 98 valence electrons. The van der Waals surface area contributed by atoms with Crippen LogP contribution in [0.1, 0.15) is 16.1 Å². The zero-order chi connectivity index (χ0) is 13.7.